The standard InChI is InChI=1S/C8H16N2O3S/c1-6(5-14-3)9-8(13)10(2)4-7(11)12/h6H,4-5H2,1-3H3,(H,9,13)(H,11,12). The summed E-state index contributed by atoms with van der Waals surface area (Å²) in [7, 11) is 1.45. The van der Waals surface area contributed by atoms with E-state index in [4.69, 9.17) is 5.11 Å². The molecule has 0 aromatic heterocycles. The molecule has 0 fully saturated rings. The quantitative estimate of drug-likeness (QED) is 0.706. The van der Waals surface area contributed by atoms with Gasteiger partial charge in [0.25, 0.3) is 0 Å². The summed E-state index contributed by atoms with van der Waals surface area (Å²) < 4.78 is 0. The Morgan fingerprint density at radius 2 is 2.14 bits per heavy atom. The zero-order chi connectivity index (χ0) is 11.1. The number of urea groups is 1. The molecule has 5 nitrogen and oxygen atoms in total. The highest BCUT2D eigenvalue weighted by molar-refractivity contribution is 7.98. The van der Waals surface area contributed by atoms with Gasteiger partial charge in [-0.15, -0.1) is 0 Å². The van der Waals surface area contributed by atoms with E-state index in [0.29, 0.717) is 0 Å². The lowest BCUT2D eigenvalue weighted by molar-refractivity contribution is -0.137. The molecular weight excluding hydrogens is 204 g/mol. The van der Waals surface area contributed by atoms with Crippen LogP contribution in [0.15, 0.2) is 0 Å². The van der Waals surface area contributed by atoms with Crippen molar-refractivity contribution < 1.29 is 14.7 Å². The summed E-state index contributed by atoms with van der Waals surface area (Å²) in [5, 5.41) is 11.1. The molecule has 2 N–H and O–H groups in total. The van der Waals surface area contributed by atoms with Gasteiger partial charge in [-0.3, -0.25) is 4.79 Å². The Morgan fingerprint density at radius 1 is 1.57 bits per heavy atom. The first kappa shape index (κ1) is 13.1. The Morgan fingerprint density at radius 3 is 2.57 bits per heavy atom. The summed E-state index contributed by atoms with van der Waals surface area (Å²) in [6, 6.07) is -0.303. The molecule has 1 unspecified atom stereocenters. The molecule has 0 aromatic rings. The van der Waals surface area contributed by atoms with E-state index in [2.05, 4.69) is 5.32 Å². The second kappa shape index (κ2) is 6.53. The number of thioether (sulfide) groups is 1. The van der Waals surface area contributed by atoms with Gasteiger partial charge in [-0.2, -0.15) is 11.8 Å². The lowest BCUT2D eigenvalue weighted by atomic mass is 10.4. The summed E-state index contributed by atoms with van der Waals surface area (Å²) >= 11 is 1.63. The molecule has 2 amide bonds. The van der Waals surface area contributed by atoms with Gasteiger partial charge in [0.05, 0.1) is 0 Å². The number of carbonyl (C=O) groups is 2. The van der Waals surface area contributed by atoms with Crippen molar-refractivity contribution in [2.24, 2.45) is 0 Å². The topological polar surface area (TPSA) is 69.6 Å². The normalized spacial score (nSPS) is 11.9. The fraction of sp³-hybridized carbons (Fsp3) is 0.750. The monoisotopic (exact) mass is 220 g/mol. The minimum atomic E-state index is -1.01. The van der Waals surface area contributed by atoms with Crippen LogP contribution in [-0.4, -0.2) is 53.6 Å². The van der Waals surface area contributed by atoms with Crippen molar-refractivity contribution in [3.8, 4) is 0 Å². The molecule has 0 heterocycles. The van der Waals surface area contributed by atoms with Gasteiger partial charge in [0, 0.05) is 18.8 Å². The van der Waals surface area contributed by atoms with Crippen LogP contribution in [0.2, 0.25) is 0 Å². The van der Waals surface area contributed by atoms with Crippen LogP contribution < -0.4 is 5.32 Å². The Kier molecular flexibility index (Phi) is 6.11. The molecule has 14 heavy (non-hydrogen) atoms. The van der Waals surface area contributed by atoms with E-state index in [1.165, 1.54) is 7.05 Å². The van der Waals surface area contributed by atoms with E-state index >= 15 is 0 Å². The predicted molar refractivity (Wildman–Crippen MR) is 56.6 cm³/mol. The molecule has 0 bridgehead atoms. The van der Waals surface area contributed by atoms with Gasteiger partial charge < -0.3 is 15.3 Å². The summed E-state index contributed by atoms with van der Waals surface area (Å²) in [4.78, 5) is 22.7. The first-order chi connectivity index (χ1) is 6.47. The fourth-order valence-corrected chi connectivity index (χ4v) is 1.47. The van der Waals surface area contributed by atoms with E-state index in [1.54, 1.807) is 11.8 Å². The molecule has 6 heteroatoms. The molecule has 0 aliphatic carbocycles. The predicted octanol–water partition coefficient (Wildman–Crippen LogP) is 0.464. The number of aliphatic carboxylic acids is 1. The van der Waals surface area contributed by atoms with Gasteiger partial charge in [-0.1, -0.05) is 0 Å². The average molecular weight is 220 g/mol. The fourth-order valence-electron chi connectivity index (χ4n) is 0.887. The van der Waals surface area contributed by atoms with Crippen LogP contribution in [0, 0.1) is 0 Å². The van der Waals surface area contributed by atoms with Gasteiger partial charge in [-0.25, -0.2) is 4.79 Å². The number of likely N-dealkylation sites (N-methyl/N-ethyl adjacent to an activating group) is 1. The number of hydrogen-bond donors (Lipinski definition) is 2. The summed E-state index contributed by atoms with van der Waals surface area (Å²) in [5.41, 5.74) is 0. The summed E-state index contributed by atoms with van der Waals surface area (Å²) in [6.07, 6.45) is 1.95. The van der Waals surface area contributed by atoms with Crippen molar-refractivity contribution in [2.45, 2.75) is 13.0 Å². The SMILES string of the molecule is CSCC(C)NC(=O)N(C)CC(=O)O. The third-order valence-electron chi connectivity index (χ3n) is 1.51. The van der Waals surface area contributed by atoms with Crippen molar-refractivity contribution in [3.63, 3.8) is 0 Å². The number of hydrogen-bond acceptors (Lipinski definition) is 3. The van der Waals surface area contributed by atoms with Crippen LogP contribution >= 0.6 is 11.8 Å². The molecule has 82 valence electrons. The average Bonchev–Trinajstić information content (AvgIpc) is 2.02. The zero-order valence-electron chi connectivity index (χ0n) is 8.61. The number of carboxylic acids is 1. The number of rotatable bonds is 5. The summed E-state index contributed by atoms with van der Waals surface area (Å²) in [5.74, 6) is -0.202. The van der Waals surface area contributed by atoms with Crippen LogP contribution in [0.3, 0.4) is 0 Å². The van der Waals surface area contributed by atoms with Crippen molar-refractivity contribution in [3.05, 3.63) is 0 Å². The highest BCUT2D eigenvalue weighted by Crippen LogP contribution is 1.96. The minimum Gasteiger partial charge on any atom is -0.480 e. The first-order valence-electron chi connectivity index (χ1n) is 4.19. The van der Waals surface area contributed by atoms with Crippen LogP contribution in [0.5, 0.6) is 0 Å². The van der Waals surface area contributed by atoms with Gasteiger partial charge in [0.15, 0.2) is 0 Å². The Hall–Kier alpha value is -0.910. The van der Waals surface area contributed by atoms with Gasteiger partial charge in [0.1, 0.15) is 6.54 Å². The molecule has 0 aliphatic rings. The third-order valence-corrected chi connectivity index (χ3v) is 2.34. The molecule has 0 saturated carbocycles. The van der Waals surface area contributed by atoms with E-state index in [0.717, 1.165) is 10.7 Å². The van der Waals surface area contributed by atoms with Crippen molar-refractivity contribution in [1.29, 1.82) is 0 Å². The second-order valence-corrected chi connectivity index (χ2v) is 3.97. The van der Waals surface area contributed by atoms with Crippen molar-refractivity contribution in [2.75, 3.05) is 25.6 Å². The molecular formula is C8H16N2O3S. The lowest BCUT2D eigenvalue weighted by Crippen LogP contribution is -2.44. The Labute approximate surface area is 87.8 Å². The maximum absolute atomic E-state index is 11.3. The third kappa shape index (κ3) is 5.69. The number of amides is 2. The second-order valence-electron chi connectivity index (χ2n) is 3.06. The van der Waals surface area contributed by atoms with Crippen LogP contribution in [0.1, 0.15) is 6.92 Å². The van der Waals surface area contributed by atoms with Crippen molar-refractivity contribution >= 4 is 23.8 Å². The van der Waals surface area contributed by atoms with E-state index < -0.39 is 5.97 Å². The minimum absolute atomic E-state index is 0.0498. The lowest BCUT2D eigenvalue weighted by Gasteiger charge is -2.19. The van der Waals surface area contributed by atoms with E-state index in [-0.39, 0.29) is 18.6 Å². The maximum Gasteiger partial charge on any atom is 0.323 e. The first-order valence-corrected chi connectivity index (χ1v) is 5.59. The molecule has 0 aliphatic heterocycles. The Bertz CT molecular complexity index is 211. The van der Waals surface area contributed by atoms with Crippen LogP contribution in [0.25, 0.3) is 0 Å². The molecule has 1 atom stereocenters. The van der Waals surface area contributed by atoms with Crippen molar-refractivity contribution in [1.82, 2.24) is 10.2 Å². The highest BCUT2D eigenvalue weighted by Gasteiger charge is 2.13. The molecule has 0 spiro atoms. The van der Waals surface area contributed by atoms with Crippen LogP contribution in [0.4, 0.5) is 4.79 Å². The number of carboxylic acid groups (broad SMARTS) is 1. The number of nitrogens with one attached hydrogen (secondary N) is 1. The largest absolute Gasteiger partial charge is 0.480 e. The van der Waals surface area contributed by atoms with E-state index in [1.807, 2.05) is 13.2 Å². The zero-order valence-corrected chi connectivity index (χ0v) is 9.43. The Balaban J connectivity index is 3.88. The molecule has 0 rings (SSSR count). The van der Waals surface area contributed by atoms with Gasteiger partial charge in [0.2, 0.25) is 0 Å². The number of carbonyl (C=O) groups excluding carboxylic acids is 1. The van der Waals surface area contributed by atoms with Crippen LogP contribution in [-0.2, 0) is 4.79 Å². The molecule has 0 aromatic carbocycles. The summed E-state index contributed by atoms with van der Waals surface area (Å²) in [6.45, 7) is 1.60. The molecule has 0 radical (unpaired) electrons. The molecule has 0 saturated heterocycles. The maximum atomic E-state index is 11.3. The number of nitrogens with zero attached hydrogens (tertiary/aromatic N) is 1. The van der Waals surface area contributed by atoms with Gasteiger partial charge in [-0.05, 0) is 13.2 Å². The smallest absolute Gasteiger partial charge is 0.323 e. The van der Waals surface area contributed by atoms with E-state index in [9.17, 15) is 9.59 Å². The van der Waals surface area contributed by atoms with Gasteiger partial charge >= 0.3 is 12.0 Å². The highest BCUT2D eigenvalue weighted by atomic mass is 32.2.